The van der Waals surface area contributed by atoms with Crippen molar-refractivity contribution in [3.63, 3.8) is 0 Å². The smallest absolute Gasteiger partial charge is 0.420 e. The number of aliphatic carboxylic acids is 1. The quantitative estimate of drug-likeness (QED) is 0.116. The highest BCUT2D eigenvalue weighted by molar-refractivity contribution is 5.99. The highest BCUT2D eigenvalue weighted by Crippen LogP contribution is 2.40. The van der Waals surface area contributed by atoms with Crippen molar-refractivity contribution >= 4 is 40.8 Å². The van der Waals surface area contributed by atoms with Crippen LogP contribution in [0.15, 0.2) is 36.4 Å². The summed E-state index contributed by atoms with van der Waals surface area (Å²) in [5.74, 6) is -3.17. The van der Waals surface area contributed by atoms with Gasteiger partial charge in [0.2, 0.25) is 11.8 Å². The maximum Gasteiger partial charge on any atom is 0.420 e. The predicted molar refractivity (Wildman–Crippen MR) is 156 cm³/mol. The zero-order chi connectivity index (χ0) is 32.6. The number of amidine groups is 2. The first kappa shape index (κ1) is 33.7. The number of likely N-dealkylation sites (tertiary alicyclic amines) is 1. The Hall–Kier alpha value is -4.82. The van der Waals surface area contributed by atoms with Gasteiger partial charge in [-0.15, -0.1) is 0 Å². The van der Waals surface area contributed by atoms with Crippen LogP contribution in [0.2, 0.25) is 0 Å². The average molecular weight is 621 g/mol. The van der Waals surface area contributed by atoms with Gasteiger partial charge in [-0.2, -0.15) is 13.2 Å². The van der Waals surface area contributed by atoms with E-state index in [2.05, 4.69) is 5.32 Å². The number of aromatic hydroxyl groups is 1. The van der Waals surface area contributed by atoms with Crippen LogP contribution in [-0.4, -0.2) is 70.3 Å². The average Bonchev–Trinajstić information content (AvgIpc) is 2.95. The second kappa shape index (κ2) is 14.6. The Morgan fingerprint density at radius 2 is 1.77 bits per heavy atom. The van der Waals surface area contributed by atoms with E-state index >= 15 is 0 Å². The van der Waals surface area contributed by atoms with Gasteiger partial charge in [0.15, 0.2) is 0 Å². The number of rotatable bonds is 12. The molecule has 7 N–H and O–H groups in total. The fourth-order valence-electron chi connectivity index (χ4n) is 4.66. The van der Waals surface area contributed by atoms with Gasteiger partial charge in [0.1, 0.15) is 23.4 Å². The number of alkyl halides is 3. The van der Waals surface area contributed by atoms with E-state index in [9.17, 15) is 32.7 Å². The third-order valence-electron chi connectivity index (χ3n) is 7.01. The maximum absolute atomic E-state index is 14.2. The number of ether oxygens (including phenoxy) is 1. The van der Waals surface area contributed by atoms with Crippen molar-refractivity contribution in [2.75, 3.05) is 29.9 Å². The predicted octanol–water partition coefficient (Wildman–Crippen LogP) is 4.15. The number of phenols is 1. The number of nitrogens with two attached hydrogens (primary N) is 1. The molecule has 238 valence electrons. The molecule has 3 rings (SSSR count). The topological polar surface area (TPSA) is 193 Å². The van der Waals surface area contributed by atoms with Crippen LogP contribution < -0.4 is 20.7 Å². The lowest BCUT2D eigenvalue weighted by Gasteiger charge is -2.33. The largest absolute Gasteiger partial charge is 0.506 e. The van der Waals surface area contributed by atoms with Crippen molar-refractivity contribution in [3.8, 4) is 11.5 Å². The minimum atomic E-state index is -4.83. The molecule has 0 bridgehead atoms. The summed E-state index contributed by atoms with van der Waals surface area (Å²) in [7, 11) is 0. The summed E-state index contributed by atoms with van der Waals surface area (Å²) in [4.78, 5) is 39.4. The molecular weight excluding hydrogens is 585 g/mol. The Labute approximate surface area is 251 Å². The Kier molecular flexibility index (Phi) is 11.2. The summed E-state index contributed by atoms with van der Waals surface area (Å²) in [6.45, 7) is 2.38. The molecule has 12 nitrogen and oxygen atoms in total. The van der Waals surface area contributed by atoms with E-state index in [0.717, 1.165) is 17.0 Å². The van der Waals surface area contributed by atoms with Gasteiger partial charge in [0.25, 0.3) is 0 Å². The van der Waals surface area contributed by atoms with Crippen LogP contribution in [0.25, 0.3) is 0 Å². The molecule has 2 aromatic carbocycles. The molecule has 1 heterocycles. The number of amides is 2. The molecule has 44 heavy (non-hydrogen) atoms. The summed E-state index contributed by atoms with van der Waals surface area (Å²) in [6, 6.07) is 7.13. The number of hydrogen-bond acceptors (Lipinski definition) is 7. The first-order valence-corrected chi connectivity index (χ1v) is 13.8. The van der Waals surface area contributed by atoms with Crippen LogP contribution >= 0.6 is 0 Å². The van der Waals surface area contributed by atoms with Gasteiger partial charge in [-0.05, 0) is 49.7 Å². The van der Waals surface area contributed by atoms with Gasteiger partial charge in [0.05, 0.1) is 23.5 Å². The molecule has 0 spiro atoms. The molecule has 15 heteroatoms. The molecule has 1 aliphatic rings. The van der Waals surface area contributed by atoms with E-state index in [4.69, 9.17) is 26.4 Å². The number of halogens is 3. The van der Waals surface area contributed by atoms with Crippen LogP contribution in [0.4, 0.5) is 24.5 Å². The van der Waals surface area contributed by atoms with Gasteiger partial charge in [-0.3, -0.25) is 25.2 Å². The molecule has 1 fully saturated rings. The number of hydrogen-bond donors (Lipinski definition) is 6. The lowest BCUT2D eigenvalue weighted by atomic mass is 10.1. The van der Waals surface area contributed by atoms with Crippen molar-refractivity contribution < 1.29 is 42.5 Å². The van der Waals surface area contributed by atoms with E-state index in [0.29, 0.717) is 31.8 Å². The van der Waals surface area contributed by atoms with E-state index in [1.807, 2.05) is 0 Å². The van der Waals surface area contributed by atoms with Gasteiger partial charge >= 0.3 is 12.1 Å². The summed E-state index contributed by atoms with van der Waals surface area (Å²) >= 11 is 0. The number of benzene rings is 2. The Bertz CT molecular complexity index is 1410. The fourth-order valence-corrected chi connectivity index (χ4v) is 4.66. The van der Waals surface area contributed by atoms with Crippen molar-refractivity contribution in [1.82, 2.24) is 4.90 Å². The van der Waals surface area contributed by atoms with Gasteiger partial charge in [-0.25, -0.2) is 0 Å². The number of anilines is 2. The lowest BCUT2D eigenvalue weighted by Crippen LogP contribution is -2.40. The zero-order valence-electron chi connectivity index (χ0n) is 24.0. The molecule has 1 saturated heterocycles. The van der Waals surface area contributed by atoms with E-state index in [1.54, 1.807) is 11.8 Å². The first-order chi connectivity index (χ1) is 20.6. The molecule has 0 unspecified atom stereocenters. The first-order valence-electron chi connectivity index (χ1n) is 13.8. The van der Waals surface area contributed by atoms with Crippen LogP contribution in [0.3, 0.4) is 0 Å². The molecule has 0 radical (unpaired) electrons. The second-order valence-corrected chi connectivity index (χ2v) is 10.3. The standard InChI is InChI=1S/C29H35F3N6O6/c1-17(33)37-13-10-20(11-14-37)44-24-7-5-19(16-21(24)29(30,31)32)38(26(41)8-9-27(42)43)12-2-3-25(40)36-22-15-18(28(34)35)4-6-23(22)39/h4-7,15-16,20,33,39H,2-3,8-14H2,1H3,(H3,34,35)(H,36,40)(H,42,43). The summed E-state index contributed by atoms with van der Waals surface area (Å²) in [6.07, 6.45) is -5.71. The zero-order valence-corrected chi connectivity index (χ0v) is 24.0. The van der Waals surface area contributed by atoms with Gasteiger partial charge in [-0.1, -0.05) is 0 Å². The maximum atomic E-state index is 14.2. The Balaban J connectivity index is 1.77. The van der Waals surface area contributed by atoms with E-state index < -0.39 is 54.2 Å². The fraction of sp³-hybridized carbons (Fsp3) is 0.414. The number of nitrogens with zero attached hydrogens (tertiary/aromatic N) is 2. The molecular formula is C29H35F3N6O6. The van der Waals surface area contributed by atoms with E-state index in [-0.39, 0.29) is 47.9 Å². The van der Waals surface area contributed by atoms with Gasteiger partial charge in [0, 0.05) is 56.6 Å². The molecule has 0 saturated carbocycles. The molecule has 1 aliphatic heterocycles. The number of carbonyl (C=O) groups is 3. The number of carboxylic acids is 1. The summed E-state index contributed by atoms with van der Waals surface area (Å²) in [5.41, 5.74) is 4.46. The number of carboxylic acid groups (broad SMARTS) is 1. The number of nitrogen functional groups attached to an aromatic ring is 1. The number of carbonyl (C=O) groups excluding carboxylic acids is 2. The second-order valence-electron chi connectivity index (χ2n) is 10.3. The molecule has 0 aromatic heterocycles. The van der Waals surface area contributed by atoms with E-state index in [1.165, 1.54) is 24.3 Å². The minimum absolute atomic E-state index is 0.00105. The minimum Gasteiger partial charge on any atom is -0.506 e. The van der Waals surface area contributed by atoms with Crippen LogP contribution in [0.1, 0.15) is 56.6 Å². The number of piperidine rings is 1. The van der Waals surface area contributed by atoms with Crippen molar-refractivity contribution in [2.24, 2.45) is 5.73 Å². The highest BCUT2D eigenvalue weighted by Gasteiger charge is 2.36. The summed E-state index contributed by atoms with van der Waals surface area (Å²) < 4.78 is 48.2. The third-order valence-corrected chi connectivity index (χ3v) is 7.01. The van der Waals surface area contributed by atoms with Crippen molar-refractivity contribution in [2.45, 2.75) is 57.7 Å². The van der Waals surface area contributed by atoms with Crippen LogP contribution in [0, 0.1) is 10.8 Å². The molecule has 2 aromatic rings. The van der Waals surface area contributed by atoms with Crippen molar-refractivity contribution in [3.05, 3.63) is 47.5 Å². The van der Waals surface area contributed by atoms with Crippen LogP contribution in [-0.2, 0) is 20.6 Å². The highest BCUT2D eigenvalue weighted by atomic mass is 19.4. The molecule has 0 aliphatic carbocycles. The van der Waals surface area contributed by atoms with Crippen LogP contribution in [0.5, 0.6) is 11.5 Å². The SMILES string of the molecule is CC(=N)N1CCC(Oc2ccc(N(CCCC(=O)Nc3cc(C(=N)N)ccc3O)C(=O)CCC(=O)O)cc2C(F)(F)F)CC1. The van der Waals surface area contributed by atoms with Crippen molar-refractivity contribution in [1.29, 1.82) is 10.8 Å². The summed E-state index contributed by atoms with van der Waals surface area (Å²) in [5, 5.41) is 36.7. The monoisotopic (exact) mass is 620 g/mol. The normalized spacial score (nSPS) is 13.7. The lowest BCUT2D eigenvalue weighted by molar-refractivity contribution is -0.139. The Morgan fingerprint density at radius 3 is 2.36 bits per heavy atom. The molecule has 0 atom stereocenters. The molecule has 2 amide bonds. The number of phenolic OH excluding ortho intramolecular Hbond substituents is 1. The van der Waals surface area contributed by atoms with Gasteiger partial charge < -0.3 is 35.8 Å². The Morgan fingerprint density at radius 1 is 1.09 bits per heavy atom. The number of nitrogens with one attached hydrogen (secondary N) is 3. The third kappa shape index (κ3) is 9.34.